The SMILES string of the molecule is C=CCOC(=O)[C@@]12C(C(C)C)=C[C@H]3C[C@]1(C=O)[C@@H]1CC[C@@H](C)[C@H]1C[C@]32COS(=O)(=O)C(F)(F)F. The van der Waals surface area contributed by atoms with Gasteiger partial charge in [0, 0.05) is 5.41 Å². The first-order valence-electron chi connectivity index (χ1n) is 11.7. The second-order valence-corrected chi connectivity index (χ2v) is 12.3. The third-order valence-electron chi connectivity index (χ3n) is 9.19. The van der Waals surface area contributed by atoms with Gasteiger partial charge in [-0.3, -0.25) is 8.98 Å². The smallest absolute Gasteiger partial charge is 0.461 e. The molecule has 0 aliphatic heterocycles. The van der Waals surface area contributed by atoms with E-state index in [1.165, 1.54) is 6.08 Å². The number of rotatable bonds is 8. The molecule has 3 saturated carbocycles. The van der Waals surface area contributed by atoms with E-state index in [1.807, 2.05) is 26.8 Å². The van der Waals surface area contributed by atoms with Gasteiger partial charge in [0.25, 0.3) is 0 Å². The third kappa shape index (κ3) is 2.93. The fraction of sp³-hybridized carbons (Fsp3) is 0.750. The van der Waals surface area contributed by atoms with E-state index in [9.17, 15) is 31.2 Å². The summed E-state index contributed by atoms with van der Waals surface area (Å²) in [6.07, 6.45) is 6.18. The number of carbonyl (C=O) groups excluding carboxylic acids is 2. The summed E-state index contributed by atoms with van der Waals surface area (Å²) in [7, 11) is -5.89. The average molecular weight is 505 g/mol. The summed E-state index contributed by atoms with van der Waals surface area (Å²) in [5.41, 5.74) is -9.06. The molecule has 0 radical (unpaired) electrons. The molecule has 4 bridgehead atoms. The van der Waals surface area contributed by atoms with Gasteiger partial charge >= 0.3 is 21.6 Å². The Morgan fingerprint density at radius 3 is 2.53 bits per heavy atom. The van der Waals surface area contributed by atoms with Crippen molar-refractivity contribution < 1.29 is 40.1 Å². The molecular weight excluding hydrogens is 473 g/mol. The van der Waals surface area contributed by atoms with Crippen LogP contribution in [-0.4, -0.2) is 39.4 Å². The Kier molecular flexibility index (Phi) is 5.91. The molecule has 0 spiro atoms. The van der Waals surface area contributed by atoms with Crippen LogP contribution in [0.4, 0.5) is 13.2 Å². The van der Waals surface area contributed by atoms with E-state index in [2.05, 4.69) is 10.8 Å². The first kappa shape index (κ1) is 25.4. The molecule has 3 fully saturated rings. The van der Waals surface area contributed by atoms with Crippen molar-refractivity contribution in [2.45, 2.75) is 52.0 Å². The maximum absolute atomic E-state index is 14.0. The van der Waals surface area contributed by atoms with Gasteiger partial charge in [0.1, 0.15) is 18.3 Å². The molecule has 0 aromatic heterocycles. The van der Waals surface area contributed by atoms with Gasteiger partial charge in [-0.05, 0) is 48.9 Å². The summed E-state index contributed by atoms with van der Waals surface area (Å²) in [6.45, 7) is 8.36. The Labute approximate surface area is 198 Å². The number of hydrogen-bond acceptors (Lipinski definition) is 6. The van der Waals surface area contributed by atoms with Crippen molar-refractivity contribution in [3.63, 3.8) is 0 Å². The quantitative estimate of drug-likeness (QED) is 0.160. The maximum atomic E-state index is 14.0. The fourth-order valence-corrected chi connectivity index (χ4v) is 8.60. The summed E-state index contributed by atoms with van der Waals surface area (Å²) < 4.78 is 73.7. The number of esters is 1. The minimum atomic E-state index is -5.89. The monoisotopic (exact) mass is 504 g/mol. The lowest BCUT2D eigenvalue weighted by molar-refractivity contribution is -0.188. The zero-order chi connectivity index (χ0) is 25.3. The van der Waals surface area contributed by atoms with Crippen LogP contribution < -0.4 is 0 Å². The summed E-state index contributed by atoms with van der Waals surface area (Å²) in [4.78, 5) is 27.0. The van der Waals surface area contributed by atoms with Crippen LogP contribution in [0, 0.1) is 45.8 Å². The van der Waals surface area contributed by atoms with Gasteiger partial charge in [-0.25, -0.2) is 0 Å². The molecule has 0 heterocycles. The summed E-state index contributed by atoms with van der Waals surface area (Å²) >= 11 is 0. The molecule has 0 aromatic rings. The Morgan fingerprint density at radius 2 is 1.97 bits per heavy atom. The molecule has 34 heavy (non-hydrogen) atoms. The van der Waals surface area contributed by atoms with Gasteiger partial charge in [0.2, 0.25) is 0 Å². The normalized spacial score (nSPS) is 40.7. The van der Waals surface area contributed by atoms with E-state index < -0.39 is 50.4 Å². The highest BCUT2D eigenvalue weighted by molar-refractivity contribution is 7.87. The average Bonchev–Trinajstić information content (AvgIpc) is 3.32. The van der Waals surface area contributed by atoms with Gasteiger partial charge in [0.05, 0.1) is 12.0 Å². The molecule has 0 amide bonds. The first-order chi connectivity index (χ1) is 15.8. The van der Waals surface area contributed by atoms with Gasteiger partial charge < -0.3 is 9.53 Å². The van der Waals surface area contributed by atoms with Crippen LogP contribution in [0.3, 0.4) is 0 Å². The Bertz CT molecular complexity index is 1030. The Morgan fingerprint density at radius 1 is 1.29 bits per heavy atom. The molecule has 4 aliphatic carbocycles. The standard InChI is InChI=1S/C24H31F3O6S/c1-5-8-32-20(29)23-19(14(2)3)9-16-10-21(23,12-28)18-7-6-15(4)17(18)11-22(16,23)13-33-34(30,31)24(25,26)27/h5,9,12,14-18H,1,6-8,10-11,13H2,2-4H3/t15-,16+,17-,18-,21+,22+,23+/m1/s1. The molecule has 4 rings (SSSR count). The number of aldehydes is 1. The molecule has 0 aromatic carbocycles. The number of fused-ring (bicyclic) bond motifs is 2. The highest BCUT2D eigenvalue weighted by atomic mass is 32.2. The van der Waals surface area contributed by atoms with E-state index in [-0.39, 0.29) is 36.7 Å². The van der Waals surface area contributed by atoms with Crippen LogP contribution in [0.2, 0.25) is 0 Å². The van der Waals surface area contributed by atoms with E-state index in [4.69, 9.17) is 4.74 Å². The molecular formula is C24H31F3O6S. The number of alkyl halides is 3. The lowest BCUT2D eigenvalue weighted by Gasteiger charge is -2.58. The topological polar surface area (TPSA) is 86.7 Å². The Hall–Kier alpha value is -1.68. The number of carbonyl (C=O) groups is 2. The second kappa shape index (κ2) is 7.91. The van der Waals surface area contributed by atoms with Crippen LogP contribution in [0.25, 0.3) is 0 Å². The summed E-state index contributed by atoms with van der Waals surface area (Å²) in [5.74, 6) is -1.39. The predicted octanol–water partition coefficient (Wildman–Crippen LogP) is 4.42. The Balaban J connectivity index is 1.95. The molecule has 0 N–H and O–H groups in total. The fourth-order valence-electron chi connectivity index (χ4n) is 8.10. The minimum absolute atomic E-state index is 0.0346. The van der Waals surface area contributed by atoms with Crippen molar-refractivity contribution in [3.05, 3.63) is 24.3 Å². The van der Waals surface area contributed by atoms with Crippen LogP contribution in [-0.2, 0) is 28.6 Å². The molecule has 4 aliphatic rings. The van der Waals surface area contributed by atoms with Crippen molar-refractivity contribution in [2.24, 2.45) is 45.8 Å². The summed E-state index contributed by atoms with van der Waals surface area (Å²) in [6, 6.07) is 0. The largest absolute Gasteiger partial charge is 0.523 e. The van der Waals surface area contributed by atoms with Gasteiger partial charge in [-0.15, -0.1) is 0 Å². The molecule has 10 heteroatoms. The zero-order valence-electron chi connectivity index (χ0n) is 19.6. The third-order valence-corrected chi connectivity index (χ3v) is 10.2. The van der Waals surface area contributed by atoms with Crippen molar-refractivity contribution in [1.82, 2.24) is 0 Å². The minimum Gasteiger partial charge on any atom is -0.461 e. The van der Waals surface area contributed by atoms with Crippen LogP contribution in [0.5, 0.6) is 0 Å². The lowest BCUT2D eigenvalue weighted by Crippen LogP contribution is -2.64. The number of ether oxygens (including phenoxy) is 1. The van der Waals surface area contributed by atoms with Crippen molar-refractivity contribution in [2.75, 3.05) is 13.2 Å². The molecule has 7 atom stereocenters. The number of halogens is 3. The van der Waals surface area contributed by atoms with Crippen LogP contribution >= 0.6 is 0 Å². The molecule has 6 nitrogen and oxygen atoms in total. The second-order valence-electron chi connectivity index (χ2n) is 10.7. The van der Waals surface area contributed by atoms with E-state index >= 15 is 0 Å². The van der Waals surface area contributed by atoms with E-state index in [1.54, 1.807) is 0 Å². The first-order valence-corrected chi connectivity index (χ1v) is 13.1. The maximum Gasteiger partial charge on any atom is 0.523 e. The predicted molar refractivity (Wildman–Crippen MR) is 116 cm³/mol. The van der Waals surface area contributed by atoms with Gasteiger partial charge in [-0.2, -0.15) is 21.6 Å². The lowest BCUT2D eigenvalue weighted by atomic mass is 9.43. The van der Waals surface area contributed by atoms with Crippen molar-refractivity contribution >= 4 is 22.4 Å². The van der Waals surface area contributed by atoms with Gasteiger partial charge in [-0.1, -0.05) is 51.5 Å². The van der Waals surface area contributed by atoms with Crippen molar-refractivity contribution in [3.8, 4) is 0 Å². The number of allylic oxidation sites excluding steroid dienone is 1. The number of hydrogen-bond donors (Lipinski definition) is 0. The summed E-state index contributed by atoms with van der Waals surface area (Å²) in [5, 5.41) is 0. The molecule has 0 unspecified atom stereocenters. The zero-order valence-corrected chi connectivity index (χ0v) is 20.4. The van der Waals surface area contributed by atoms with E-state index in [0.717, 1.165) is 19.1 Å². The van der Waals surface area contributed by atoms with Crippen molar-refractivity contribution in [1.29, 1.82) is 0 Å². The van der Waals surface area contributed by atoms with Crippen LogP contribution in [0.1, 0.15) is 46.5 Å². The van der Waals surface area contributed by atoms with Gasteiger partial charge in [0.15, 0.2) is 0 Å². The van der Waals surface area contributed by atoms with Crippen LogP contribution in [0.15, 0.2) is 24.3 Å². The molecule has 190 valence electrons. The molecule has 0 saturated heterocycles. The van der Waals surface area contributed by atoms with E-state index in [0.29, 0.717) is 12.0 Å². The highest BCUT2D eigenvalue weighted by Crippen LogP contribution is 2.82. The highest BCUT2D eigenvalue weighted by Gasteiger charge is 2.84.